The first-order valence-corrected chi connectivity index (χ1v) is 11.3. The van der Waals surface area contributed by atoms with Crippen molar-refractivity contribution in [3.8, 4) is 6.07 Å². The number of nitrogens with one attached hydrogen (secondary N) is 1. The number of anilines is 1. The first-order valence-electron chi connectivity index (χ1n) is 9.66. The van der Waals surface area contributed by atoms with Crippen LogP contribution in [0.5, 0.6) is 0 Å². The smallest absolute Gasteiger partial charge is 0.274 e. The molecule has 1 amide bonds. The molecule has 1 aromatic heterocycles. The molecule has 8 nitrogen and oxygen atoms in total. The van der Waals surface area contributed by atoms with Gasteiger partial charge in [-0.1, -0.05) is 0 Å². The van der Waals surface area contributed by atoms with E-state index in [0.717, 1.165) is 12.5 Å². The van der Waals surface area contributed by atoms with Gasteiger partial charge in [-0.3, -0.25) is 9.79 Å². The Kier molecular flexibility index (Phi) is 4.81. The predicted octanol–water partition coefficient (Wildman–Crippen LogP) is 2.27. The minimum absolute atomic E-state index is 0.0168. The van der Waals surface area contributed by atoms with Crippen LogP contribution in [0.3, 0.4) is 0 Å². The number of nitrogens with two attached hydrogens (primary N) is 1. The van der Waals surface area contributed by atoms with Crippen LogP contribution >= 0.6 is 0 Å². The molecule has 1 spiro atoms. The van der Waals surface area contributed by atoms with Crippen molar-refractivity contribution in [2.24, 2.45) is 10.7 Å². The monoisotopic (exact) mass is 441 g/mol. The molecule has 1 unspecified atom stereocenters. The van der Waals surface area contributed by atoms with Gasteiger partial charge in [0.1, 0.15) is 33.7 Å². The summed E-state index contributed by atoms with van der Waals surface area (Å²) in [5.74, 6) is -1.55. The number of amidine groups is 1. The number of aliphatic imine (C=N–C) groups is 1. The Bertz CT molecular complexity index is 1250. The third kappa shape index (κ3) is 3.35. The van der Waals surface area contributed by atoms with Crippen LogP contribution in [0.2, 0.25) is 0 Å². The van der Waals surface area contributed by atoms with Gasteiger partial charge in [0.05, 0.1) is 11.3 Å². The standard InChI is InChI=1S/C21H20FN5O3S/c1-20(12-31(29,30)21(7-2-8-21)19(24)27-20)15-9-14(4-5-16(15)22)26-18(28)17-6-3-13(10-23)11-25-17/h3-6,9,11H,2,7-8,12H2,1H3,(H2,24,27)(H,26,28). The molecule has 0 radical (unpaired) electrons. The minimum atomic E-state index is -3.64. The van der Waals surface area contributed by atoms with E-state index in [0.29, 0.717) is 18.4 Å². The van der Waals surface area contributed by atoms with Gasteiger partial charge >= 0.3 is 0 Å². The van der Waals surface area contributed by atoms with Crippen LogP contribution in [-0.2, 0) is 15.4 Å². The second kappa shape index (κ2) is 7.13. The van der Waals surface area contributed by atoms with Crippen LogP contribution in [0.1, 0.15) is 47.8 Å². The van der Waals surface area contributed by atoms with Gasteiger partial charge in [0.2, 0.25) is 0 Å². The number of aromatic nitrogens is 1. The van der Waals surface area contributed by atoms with Crippen LogP contribution in [0.25, 0.3) is 0 Å². The van der Waals surface area contributed by atoms with Crippen molar-refractivity contribution >= 4 is 27.3 Å². The molecule has 31 heavy (non-hydrogen) atoms. The van der Waals surface area contributed by atoms with Crippen LogP contribution in [0.4, 0.5) is 10.1 Å². The second-order valence-corrected chi connectivity index (χ2v) is 10.4. The molecular formula is C21H20FN5O3S. The lowest BCUT2D eigenvalue weighted by Crippen LogP contribution is -2.61. The minimum Gasteiger partial charge on any atom is -0.386 e. The molecule has 2 aliphatic rings. The van der Waals surface area contributed by atoms with E-state index in [1.807, 2.05) is 6.07 Å². The SMILES string of the molecule is CC1(c2cc(NC(=O)c3ccc(C#N)cn3)ccc2F)CS(=O)(=O)C2(CCC2)C(N)=N1. The zero-order valence-electron chi connectivity index (χ0n) is 16.7. The van der Waals surface area contributed by atoms with Gasteiger partial charge in [-0.15, -0.1) is 0 Å². The van der Waals surface area contributed by atoms with Crippen molar-refractivity contribution in [1.29, 1.82) is 5.26 Å². The molecule has 0 bridgehead atoms. The first-order chi connectivity index (χ1) is 14.6. The van der Waals surface area contributed by atoms with Gasteiger partial charge in [0.25, 0.3) is 5.91 Å². The van der Waals surface area contributed by atoms with E-state index in [1.165, 1.54) is 37.4 Å². The molecule has 1 aliphatic carbocycles. The lowest BCUT2D eigenvalue weighted by atomic mass is 9.82. The van der Waals surface area contributed by atoms with E-state index in [1.54, 1.807) is 0 Å². The second-order valence-electron chi connectivity index (χ2n) is 8.07. The van der Waals surface area contributed by atoms with E-state index < -0.39 is 31.8 Å². The number of halogens is 1. The number of rotatable bonds is 3. The largest absolute Gasteiger partial charge is 0.386 e. The van der Waals surface area contributed by atoms with Crippen molar-refractivity contribution < 1.29 is 17.6 Å². The van der Waals surface area contributed by atoms with Crippen molar-refractivity contribution in [2.45, 2.75) is 36.5 Å². The zero-order valence-corrected chi connectivity index (χ0v) is 17.5. The average Bonchev–Trinajstić information content (AvgIpc) is 2.67. The first kappa shape index (κ1) is 20.9. The summed E-state index contributed by atoms with van der Waals surface area (Å²) >= 11 is 0. The van der Waals surface area contributed by atoms with Gasteiger partial charge in [-0.05, 0) is 56.5 Å². The lowest BCUT2D eigenvalue weighted by Gasteiger charge is -2.46. The van der Waals surface area contributed by atoms with E-state index >= 15 is 0 Å². The summed E-state index contributed by atoms with van der Waals surface area (Å²) in [7, 11) is -3.64. The fourth-order valence-corrected chi connectivity index (χ4v) is 6.59. The number of hydrogen-bond donors (Lipinski definition) is 2. The van der Waals surface area contributed by atoms with E-state index in [-0.39, 0.29) is 28.5 Å². The molecule has 1 aromatic carbocycles. The zero-order chi connectivity index (χ0) is 22.4. The summed E-state index contributed by atoms with van der Waals surface area (Å²) in [6.45, 7) is 1.52. The highest BCUT2D eigenvalue weighted by Gasteiger charge is 2.58. The molecule has 10 heteroatoms. The summed E-state index contributed by atoms with van der Waals surface area (Å²) in [6, 6.07) is 8.64. The van der Waals surface area contributed by atoms with Gasteiger partial charge in [0, 0.05) is 17.4 Å². The highest BCUT2D eigenvalue weighted by Crippen LogP contribution is 2.47. The van der Waals surface area contributed by atoms with Crippen molar-refractivity contribution in [2.75, 3.05) is 11.1 Å². The molecule has 0 saturated heterocycles. The number of hydrogen-bond acceptors (Lipinski definition) is 7. The third-order valence-electron chi connectivity index (χ3n) is 5.99. The molecule has 4 rings (SSSR count). The summed E-state index contributed by atoms with van der Waals surface area (Å²) in [4.78, 5) is 20.8. The van der Waals surface area contributed by atoms with Gasteiger partial charge in [-0.25, -0.2) is 17.8 Å². The van der Waals surface area contributed by atoms with Gasteiger partial charge < -0.3 is 11.1 Å². The summed E-state index contributed by atoms with van der Waals surface area (Å²) < 4.78 is 39.6. The van der Waals surface area contributed by atoms with E-state index in [4.69, 9.17) is 11.0 Å². The average molecular weight is 441 g/mol. The molecule has 3 N–H and O–H groups in total. The van der Waals surface area contributed by atoms with E-state index in [2.05, 4.69) is 15.3 Å². The maximum atomic E-state index is 14.7. The highest BCUT2D eigenvalue weighted by molar-refractivity contribution is 7.93. The number of sulfone groups is 1. The molecule has 1 aliphatic heterocycles. The summed E-state index contributed by atoms with van der Waals surface area (Å²) in [5, 5.41) is 11.4. The molecule has 2 heterocycles. The summed E-state index contributed by atoms with van der Waals surface area (Å²) in [5.41, 5.74) is 5.33. The number of benzene rings is 1. The Morgan fingerprint density at radius 1 is 1.29 bits per heavy atom. The van der Waals surface area contributed by atoms with Gasteiger partial charge in [-0.2, -0.15) is 5.26 Å². The van der Waals surface area contributed by atoms with Gasteiger partial charge in [0.15, 0.2) is 9.84 Å². The Labute approximate surface area is 178 Å². The van der Waals surface area contributed by atoms with E-state index in [9.17, 15) is 17.6 Å². The Balaban J connectivity index is 1.66. The van der Waals surface area contributed by atoms with Crippen molar-refractivity contribution in [1.82, 2.24) is 4.98 Å². The molecule has 1 fully saturated rings. The van der Waals surface area contributed by atoms with Crippen molar-refractivity contribution in [3.05, 3.63) is 59.2 Å². The van der Waals surface area contributed by atoms with Crippen LogP contribution < -0.4 is 11.1 Å². The number of amides is 1. The van der Waals surface area contributed by atoms with Crippen LogP contribution in [0.15, 0.2) is 41.5 Å². The maximum absolute atomic E-state index is 14.7. The number of nitrogens with zero attached hydrogens (tertiary/aromatic N) is 3. The normalized spacial score (nSPS) is 23.3. The lowest BCUT2D eigenvalue weighted by molar-refractivity contribution is 0.102. The van der Waals surface area contributed by atoms with Crippen LogP contribution in [-0.4, -0.2) is 35.6 Å². The Morgan fingerprint density at radius 3 is 2.58 bits per heavy atom. The number of pyridine rings is 1. The molecule has 1 saturated carbocycles. The molecular weight excluding hydrogens is 421 g/mol. The van der Waals surface area contributed by atoms with Crippen molar-refractivity contribution in [3.63, 3.8) is 0 Å². The number of carbonyl (C=O) groups is 1. The topological polar surface area (TPSA) is 138 Å². The Morgan fingerprint density at radius 2 is 2.03 bits per heavy atom. The fourth-order valence-electron chi connectivity index (χ4n) is 4.08. The predicted molar refractivity (Wildman–Crippen MR) is 113 cm³/mol. The molecule has 2 aromatic rings. The molecule has 1 atom stereocenters. The summed E-state index contributed by atoms with van der Waals surface area (Å²) in [6.07, 6.45) is 2.88. The highest BCUT2D eigenvalue weighted by atomic mass is 32.2. The molecule has 160 valence electrons. The fraction of sp³-hybridized carbons (Fsp3) is 0.333. The number of nitriles is 1. The quantitative estimate of drug-likeness (QED) is 0.749. The maximum Gasteiger partial charge on any atom is 0.274 e. The Hall–Kier alpha value is -3.32. The van der Waals surface area contributed by atoms with Crippen LogP contribution in [0, 0.1) is 17.1 Å². The third-order valence-corrected chi connectivity index (χ3v) is 8.74. The number of carbonyl (C=O) groups excluding carboxylic acids is 1.